The molecule has 0 fully saturated rings. The van der Waals surface area contributed by atoms with E-state index in [2.05, 4.69) is 115 Å². The average molecular weight is 652 g/mol. The van der Waals surface area contributed by atoms with Crippen LogP contribution in [0.1, 0.15) is 0 Å². The van der Waals surface area contributed by atoms with Crippen molar-refractivity contribution in [3.05, 3.63) is 176 Å². The Balaban J connectivity index is 1.20. The quantitative estimate of drug-likeness (QED) is 0.186. The van der Waals surface area contributed by atoms with Gasteiger partial charge in [0, 0.05) is 38.6 Å². The third-order valence-electron chi connectivity index (χ3n) is 9.73. The highest BCUT2D eigenvalue weighted by Crippen LogP contribution is 2.45. The second-order valence-corrected chi connectivity index (χ2v) is 12.7. The summed E-state index contributed by atoms with van der Waals surface area (Å²) < 4.78 is 6.99. The largest absolute Gasteiger partial charge is 0.455 e. The molecule has 10 aromatic rings. The van der Waals surface area contributed by atoms with E-state index in [-0.39, 0.29) is 0 Å². The van der Waals surface area contributed by atoms with E-state index >= 15 is 0 Å². The number of rotatable bonds is 5. The molecular weight excluding hydrogens is 623 g/mol. The molecule has 0 unspecified atom stereocenters. The van der Waals surface area contributed by atoms with Crippen LogP contribution < -0.4 is 0 Å². The molecule has 4 heteroatoms. The Morgan fingerprint density at radius 1 is 0.314 bits per heavy atom. The molecule has 0 bridgehead atoms. The summed E-state index contributed by atoms with van der Waals surface area (Å²) in [5.41, 5.74) is 8.98. The predicted octanol–water partition coefficient (Wildman–Crippen LogP) is 12.4. The SMILES string of the molecule is c1ccc(-c2nc(-c3ccccc3)nc(-c3ccc(-c4cccc5c4oc4c(-c6ccccc6)c6ccccc6cc45)c4ccccc34)n2)cc1. The lowest BCUT2D eigenvalue weighted by Gasteiger charge is -2.13. The summed E-state index contributed by atoms with van der Waals surface area (Å²) in [5, 5.41) is 6.72. The maximum Gasteiger partial charge on any atom is 0.164 e. The molecule has 238 valence electrons. The van der Waals surface area contributed by atoms with E-state index in [0.717, 1.165) is 71.7 Å². The number of aromatic nitrogens is 3. The van der Waals surface area contributed by atoms with Crippen LogP contribution in [0.15, 0.2) is 180 Å². The van der Waals surface area contributed by atoms with Gasteiger partial charge in [0.25, 0.3) is 0 Å². The third-order valence-corrected chi connectivity index (χ3v) is 9.73. The van der Waals surface area contributed by atoms with Gasteiger partial charge in [-0.05, 0) is 44.8 Å². The molecule has 0 atom stereocenters. The van der Waals surface area contributed by atoms with Gasteiger partial charge in [-0.25, -0.2) is 15.0 Å². The number of para-hydroxylation sites is 1. The van der Waals surface area contributed by atoms with E-state index < -0.39 is 0 Å². The van der Waals surface area contributed by atoms with Gasteiger partial charge in [0.15, 0.2) is 17.5 Å². The zero-order valence-corrected chi connectivity index (χ0v) is 27.5. The minimum Gasteiger partial charge on any atom is -0.455 e. The first-order chi connectivity index (χ1) is 25.3. The van der Waals surface area contributed by atoms with Crippen LogP contribution in [0.3, 0.4) is 0 Å². The number of hydrogen-bond acceptors (Lipinski definition) is 4. The van der Waals surface area contributed by atoms with Gasteiger partial charge in [-0.3, -0.25) is 0 Å². The monoisotopic (exact) mass is 651 g/mol. The van der Waals surface area contributed by atoms with Crippen molar-refractivity contribution >= 4 is 43.5 Å². The molecule has 0 amide bonds. The Morgan fingerprint density at radius 3 is 1.49 bits per heavy atom. The molecule has 0 saturated carbocycles. The fourth-order valence-corrected chi connectivity index (χ4v) is 7.36. The summed E-state index contributed by atoms with van der Waals surface area (Å²) in [6.45, 7) is 0. The first-order valence-electron chi connectivity index (χ1n) is 17.1. The lowest BCUT2D eigenvalue weighted by molar-refractivity contribution is 0.671. The molecule has 10 rings (SSSR count). The lowest BCUT2D eigenvalue weighted by Crippen LogP contribution is -2.00. The second kappa shape index (κ2) is 11.9. The summed E-state index contributed by atoms with van der Waals surface area (Å²) in [6, 6.07) is 60.9. The molecule has 51 heavy (non-hydrogen) atoms. The summed E-state index contributed by atoms with van der Waals surface area (Å²) in [6.07, 6.45) is 0. The number of furan rings is 1. The number of nitrogens with zero attached hydrogens (tertiary/aromatic N) is 3. The molecule has 0 aliphatic rings. The average Bonchev–Trinajstić information content (AvgIpc) is 3.58. The topological polar surface area (TPSA) is 51.8 Å². The summed E-state index contributed by atoms with van der Waals surface area (Å²) in [7, 11) is 0. The molecule has 0 saturated heterocycles. The first kappa shape index (κ1) is 29.0. The Bertz CT molecular complexity index is 2840. The highest BCUT2D eigenvalue weighted by atomic mass is 16.3. The smallest absolute Gasteiger partial charge is 0.164 e. The Kier molecular flexibility index (Phi) is 6.78. The molecular formula is C47H29N3O. The summed E-state index contributed by atoms with van der Waals surface area (Å²) in [5.74, 6) is 1.91. The van der Waals surface area contributed by atoms with E-state index in [1.165, 1.54) is 10.8 Å². The van der Waals surface area contributed by atoms with Gasteiger partial charge in [-0.2, -0.15) is 0 Å². The van der Waals surface area contributed by atoms with Crippen molar-refractivity contribution in [3.8, 4) is 56.4 Å². The van der Waals surface area contributed by atoms with Crippen LogP contribution in [0.5, 0.6) is 0 Å². The van der Waals surface area contributed by atoms with Gasteiger partial charge >= 0.3 is 0 Å². The van der Waals surface area contributed by atoms with Gasteiger partial charge in [-0.15, -0.1) is 0 Å². The van der Waals surface area contributed by atoms with E-state index in [4.69, 9.17) is 19.4 Å². The molecule has 0 aliphatic heterocycles. The number of benzene rings is 8. The minimum atomic E-state index is 0.631. The molecule has 0 spiro atoms. The van der Waals surface area contributed by atoms with Gasteiger partial charge < -0.3 is 4.42 Å². The summed E-state index contributed by atoms with van der Waals surface area (Å²) in [4.78, 5) is 15.0. The summed E-state index contributed by atoms with van der Waals surface area (Å²) >= 11 is 0. The molecule has 4 nitrogen and oxygen atoms in total. The standard InChI is InChI=1S/C47H29N3O/c1-4-15-30(16-5-1)42-34-22-11-10-21-33(34)29-41-39-26-14-25-38(43(39)51-44(41)42)37-27-28-40(36-24-13-12-23-35(36)37)47-49-45(31-17-6-2-7-18-31)48-46(50-47)32-19-8-3-9-20-32/h1-29H. The zero-order chi connectivity index (χ0) is 33.7. The van der Waals surface area contributed by atoms with Crippen LogP contribution in [0.4, 0.5) is 0 Å². The molecule has 0 aliphatic carbocycles. The van der Waals surface area contributed by atoms with Crippen LogP contribution in [0, 0.1) is 0 Å². The Morgan fingerprint density at radius 2 is 0.824 bits per heavy atom. The number of fused-ring (bicyclic) bond motifs is 5. The normalized spacial score (nSPS) is 11.5. The van der Waals surface area contributed by atoms with Gasteiger partial charge in [0.2, 0.25) is 0 Å². The van der Waals surface area contributed by atoms with Crippen molar-refractivity contribution in [1.29, 1.82) is 0 Å². The van der Waals surface area contributed by atoms with Gasteiger partial charge in [-0.1, -0.05) is 164 Å². The van der Waals surface area contributed by atoms with E-state index in [9.17, 15) is 0 Å². The van der Waals surface area contributed by atoms with Crippen LogP contribution in [0.25, 0.3) is 99.9 Å². The third kappa shape index (κ3) is 4.88. The minimum absolute atomic E-state index is 0.631. The van der Waals surface area contributed by atoms with Crippen molar-refractivity contribution in [2.75, 3.05) is 0 Å². The van der Waals surface area contributed by atoms with Crippen LogP contribution in [-0.2, 0) is 0 Å². The highest BCUT2D eigenvalue weighted by Gasteiger charge is 2.21. The fraction of sp³-hybridized carbons (Fsp3) is 0. The van der Waals surface area contributed by atoms with Crippen molar-refractivity contribution < 1.29 is 4.42 Å². The molecule has 2 heterocycles. The molecule has 2 aromatic heterocycles. The van der Waals surface area contributed by atoms with Crippen molar-refractivity contribution in [3.63, 3.8) is 0 Å². The highest BCUT2D eigenvalue weighted by molar-refractivity contribution is 6.21. The lowest BCUT2D eigenvalue weighted by atomic mass is 9.93. The van der Waals surface area contributed by atoms with E-state index in [1.807, 2.05) is 60.7 Å². The maximum absolute atomic E-state index is 6.99. The predicted molar refractivity (Wildman–Crippen MR) is 209 cm³/mol. The zero-order valence-electron chi connectivity index (χ0n) is 27.5. The Hall–Kier alpha value is -6.91. The van der Waals surface area contributed by atoms with Crippen LogP contribution in [-0.4, -0.2) is 15.0 Å². The van der Waals surface area contributed by atoms with Crippen LogP contribution >= 0.6 is 0 Å². The molecule has 0 radical (unpaired) electrons. The van der Waals surface area contributed by atoms with Crippen molar-refractivity contribution in [2.24, 2.45) is 0 Å². The van der Waals surface area contributed by atoms with E-state index in [0.29, 0.717) is 17.5 Å². The first-order valence-corrected chi connectivity index (χ1v) is 17.1. The molecule has 8 aromatic carbocycles. The second-order valence-electron chi connectivity index (χ2n) is 12.7. The van der Waals surface area contributed by atoms with Gasteiger partial charge in [0.05, 0.1) is 0 Å². The maximum atomic E-state index is 6.99. The Labute approximate surface area is 294 Å². The van der Waals surface area contributed by atoms with Crippen molar-refractivity contribution in [2.45, 2.75) is 0 Å². The molecule has 0 N–H and O–H groups in total. The number of hydrogen-bond donors (Lipinski definition) is 0. The van der Waals surface area contributed by atoms with Crippen LogP contribution in [0.2, 0.25) is 0 Å². The van der Waals surface area contributed by atoms with Crippen molar-refractivity contribution in [1.82, 2.24) is 15.0 Å². The van der Waals surface area contributed by atoms with E-state index in [1.54, 1.807) is 0 Å². The fourth-order valence-electron chi connectivity index (χ4n) is 7.36. The van der Waals surface area contributed by atoms with Gasteiger partial charge in [0.1, 0.15) is 11.2 Å².